The van der Waals surface area contributed by atoms with E-state index in [1.54, 1.807) is 24.5 Å². The molecule has 0 atom stereocenters. The Bertz CT molecular complexity index is 1010. The standard InChI is InChI=1S/C21H22F3N5O/c22-21(23,24)18-4-2-1-3-14(18)13-30-19-9-15(10-27-20(19)25)16-11-28-29(12-16)17-5-7-26-8-6-17/h1-4,9-12,17,26H,5-8,13H2,(H2,25,27). The van der Waals surface area contributed by atoms with Crippen molar-refractivity contribution < 1.29 is 17.9 Å². The normalized spacial score (nSPS) is 15.3. The quantitative estimate of drug-likeness (QED) is 0.655. The van der Waals surface area contributed by atoms with Crippen LogP contribution in [0.4, 0.5) is 19.0 Å². The molecule has 0 unspecified atom stereocenters. The number of nitrogen functional groups attached to an aromatic ring is 1. The summed E-state index contributed by atoms with van der Waals surface area (Å²) in [4.78, 5) is 4.14. The molecule has 158 valence electrons. The fraction of sp³-hybridized carbons (Fsp3) is 0.333. The lowest BCUT2D eigenvalue weighted by Gasteiger charge is -2.22. The molecule has 0 bridgehead atoms. The summed E-state index contributed by atoms with van der Waals surface area (Å²) in [6.45, 7) is 1.65. The fourth-order valence-corrected chi connectivity index (χ4v) is 3.56. The van der Waals surface area contributed by atoms with E-state index >= 15 is 0 Å². The van der Waals surface area contributed by atoms with Crippen LogP contribution < -0.4 is 15.8 Å². The zero-order valence-corrected chi connectivity index (χ0v) is 16.2. The minimum atomic E-state index is -4.45. The molecule has 1 aliphatic heterocycles. The van der Waals surface area contributed by atoms with E-state index in [0.717, 1.165) is 43.1 Å². The third-order valence-electron chi connectivity index (χ3n) is 5.21. The molecule has 3 heterocycles. The van der Waals surface area contributed by atoms with E-state index in [1.807, 2.05) is 10.9 Å². The molecule has 0 saturated carbocycles. The highest BCUT2D eigenvalue weighted by molar-refractivity contribution is 5.65. The number of benzene rings is 1. The van der Waals surface area contributed by atoms with Crippen LogP contribution in [-0.2, 0) is 12.8 Å². The average molecular weight is 417 g/mol. The molecule has 0 spiro atoms. The van der Waals surface area contributed by atoms with Gasteiger partial charge in [0.2, 0.25) is 0 Å². The SMILES string of the molecule is Nc1ncc(-c2cnn(C3CCNCC3)c2)cc1OCc1ccccc1C(F)(F)F. The van der Waals surface area contributed by atoms with Gasteiger partial charge in [-0.1, -0.05) is 18.2 Å². The van der Waals surface area contributed by atoms with Gasteiger partial charge in [0.15, 0.2) is 11.6 Å². The summed E-state index contributed by atoms with van der Waals surface area (Å²) < 4.78 is 47.1. The number of anilines is 1. The van der Waals surface area contributed by atoms with Crippen LogP contribution in [0.2, 0.25) is 0 Å². The van der Waals surface area contributed by atoms with Crippen molar-refractivity contribution >= 4 is 5.82 Å². The van der Waals surface area contributed by atoms with Gasteiger partial charge in [0, 0.05) is 29.1 Å². The first-order valence-corrected chi connectivity index (χ1v) is 9.70. The van der Waals surface area contributed by atoms with E-state index in [1.165, 1.54) is 12.1 Å². The second-order valence-electron chi connectivity index (χ2n) is 7.24. The monoisotopic (exact) mass is 417 g/mol. The van der Waals surface area contributed by atoms with Gasteiger partial charge in [-0.05, 0) is 38.1 Å². The van der Waals surface area contributed by atoms with Crippen LogP contribution in [-0.4, -0.2) is 27.9 Å². The number of aromatic nitrogens is 3. The van der Waals surface area contributed by atoms with Gasteiger partial charge < -0.3 is 15.8 Å². The van der Waals surface area contributed by atoms with Crippen molar-refractivity contribution in [2.45, 2.75) is 31.7 Å². The van der Waals surface area contributed by atoms with Crippen molar-refractivity contribution in [3.63, 3.8) is 0 Å². The van der Waals surface area contributed by atoms with Crippen molar-refractivity contribution in [1.82, 2.24) is 20.1 Å². The summed E-state index contributed by atoms with van der Waals surface area (Å²) in [6.07, 6.45) is 2.87. The molecule has 6 nitrogen and oxygen atoms in total. The second kappa shape index (κ2) is 8.35. The first-order chi connectivity index (χ1) is 14.4. The maximum absolute atomic E-state index is 13.2. The Morgan fingerprint density at radius 2 is 1.90 bits per heavy atom. The predicted molar refractivity (Wildman–Crippen MR) is 107 cm³/mol. The third kappa shape index (κ3) is 4.40. The van der Waals surface area contributed by atoms with Crippen molar-refractivity contribution in [1.29, 1.82) is 0 Å². The highest BCUT2D eigenvalue weighted by Gasteiger charge is 2.33. The predicted octanol–water partition coefficient (Wildman–Crippen LogP) is 4.05. The molecule has 9 heteroatoms. The molecule has 0 radical (unpaired) electrons. The van der Waals surface area contributed by atoms with Crippen LogP contribution in [0, 0.1) is 0 Å². The first-order valence-electron chi connectivity index (χ1n) is 9.70. The molecule has 4 rings (SSSR count). The molecule has 1 fully saturated rings. The van der Waals surface area contributed by atoms with Gasteiger partial charge in [-0.15, -0.1) is 0 Å². The Labute approximate surface area is 171 Å². The van der Waals surface area contributed by atoms with Gasteiger partial charge >= 0.3 is 6.18 Å². The lowest BCUT2D eigenvalue weighted by Crippen LogP contribution is -2.29. The molecule has 2 aromatic heterocycles. The average Bonchev–Trinajstić information content (AvgIpc) is 3.24. The number of hydrogen-bond acceptors (Lipinski definition) is 5. The smallest absolute Gasteiger partial charge is 0.416 e. The summed E-state index contributed by atoms with van der Waals surface area (Å²) >= 11 is 0. The van der Waals surface area contributed by atoms with Gasteiger partial charge in [-0.2, -0.15) is 18.3 Å². The van der Waals surface area contributed by atoms with Gasteiger partial charge in [0.1, 0.15) is 6.61 Å². The van der Waals surface area contributed by atoms with Crippen molar-refractivity contribution in [2.75, 3.05) is 18.8 Å². The number of piperidine rings is 1. The largest absolute Gasteiger partial charge is 0.485 e. The van der Waals surface area contributed by atoms with Crippen molar-refractivity contribution in [3.05, 3.63) is 60.0 Å². The van der Waals surface area contributed by atoms with E-state index < -0.39 is 11.7 Å². The molecule has 1 aliphatic rings. The Balaban J connectivity index is 1.53. The summed E-state index contributed by atoms with van der Waals surface area (Å²) in [5.41, 5.74) is 6.79. The Hall–Kier alpha value is -3.07. The number of pyridine rings is 1. The highest BCUT2D eigenvalue weighted by atomic mass is 19.4. The van der Waals surface area contributed by atoms with Crippen LogP contribution in [0.5, 0.6) is 5.75 Å². The molecular weight excluding hydrogens is 395 g/mol. The highest BCUT2D eigenvalue weighted by Crippen LogP contribution is 2.33. The lowest BCUT2D eigenvalue weighted by molar-refractivity contribution is -0.138. The molecule has 3 N–H and O–H groups in total. The Kier molecular flexibility index (Phi) is 5.63. The molecule has 0 amide bonds. The van der Waals surface area contributed by atoms with E-state index in [0.29, 0.717) is 6.04 Å². The number of rotatable bonds is 5. The minimum Gasteiger partial charge on any atom is -0.485 e. The van der Waals surface area contributed by atoms with Gasteiger partial charge in [0.25, 0.3) is 0 Å². The molecular formula is C21H22F3N5O. The lowest BCUT2D eigenvalue weighted by atomic mass is 10.1. The summed E-state index contributed by atoms with van der Waals surface area (Å²) in [7, 11) is 0. The first kappa shape index (κ1) is 20.2. The van der Waals surface area contributed by atoms with Gasteiger partial charge in [-0.3, -0.25) is 4.68 Å². The number of ether oxygens (including phenoxy) is 1. The molecule has 3 aromatic rings. The summed E-state index contributed by atoms with van der Waals surface area (Å²) in [5.74, 6) is 0.355. The van der Waals surface area contributed by atoms with Crippen LogP contribution in [0.25, 0.3) is 11.1 Å². The number of nitrogens with two attached hydrogens (primary N) is 1. The zero-order valence-electron chi connectivity index (χ0n) is 16.2. The van der Waals surface area contributed by atoms with Crippen LogP contribution >= 0.6 is 0 Å². The fourth-order valence-electron chi connectivity index (χ4n) is 3.56. The summed E-state index contributed by atoms with van der Waals surface area (Å²) in [5, 5.41) is 7.79. The Morgan fingerprint density at radius 3 is 2.67 bits per heavy atom. The number of nitrogens with one attached hydrogen (secondary N) is 1. The maximum atomic E-state index is 13.2. The number of alkyl halides is 3. The third-order valence-corrected chi connectivity index (χ3v) is 5.21. The van der Waals surface area contributed by atoms with Crippen molar-refractivity contribution in [2.24, 2.45) is 0 Å². The Morgan fingerprint density at radius 1 is 1.13 bits per heavy atom. The van der Waals surface area contributed by atoms with Gasteiger partial charge in [0.05, 0.1) is 17.8 Å². The van der Waals surface area contributed by atoms with E-state index in [4.69, 9.17) is 10.5 Å². The van der Waals surface area contributed by atoms with Crippen LogP contribution in [0.15, 0.2) is 48.9 Å². The van der Waals surface area contributed by atoms with Crippen LogP contribution in [0.1, 0.15) is 30.0 Å². The molecule has 1 aromatic carbocycles. The van der Waals surface area contributed by atoms with E-state index in [-0.39, 0.29) is 23.7 Å². The topological polar surface area (TPSA) is 78.0 Å². The zero-order chi connectivity index (χ0) is 21.1. The molecule has 0 aliphatic carbocycles. The van der Waals surface area contributed by atoms with E-state index in [2.05, 4.69) is 15.4 Å². The number of hydrogen-bond donors (Lipinski definition) is 2. The van der Waals surface area contributed by atoms with Crippen LogP contribution in [0.3, 0.4) is 0 Å². The summed E-state index contributed by atoms with van der Waals surface area (Å²) in [6, 6.07) is 7.34. The number of nitrogens with zero attached hydrogens (tertiary/aromatic N) is 3. The van der Waals surface area contributed by atoms with Crippen molar-refractivity contribution in [3.8, 4) is 16.9 Å². The van der Waals surface area contributed by atoms with E-state index in [9.17, 15) is 13.2 Å². The van der Waals surface area contributed by atoms with Gasteiger partial charge in [-0.25, -0.2) is 4.98 Å². The second-order valence-corrected chi connectivity index (χ2v) is 7.24. The molecule has 30 heavy (non-hydrogen) atoms. The number of halogens is 3. The molecule has 1 saturated heterocycles. The maximum Gasteiger partial charge on any atom is 0.416 e. The minimum absolute atomic E-state index is 0.0357.